The van der Waals surface area contributed by atoms with E-state index < -0.39 is 12.1 Å². The van der Waals surface area contributed by atoms with Gasteiger partial charge in [0.1, 0.15) is 18.1 Å². The van der Waals surface area contributed by atoms with Crippen molar-refractivity contribution in [3.8, 4) is 11.5 Å². The lowest BCUT2D eigenvalue weighted by atomic mass is 10.2. The van der Waals surface area contributed by atoms with Crippen molar-refractivity contribution in [2.45, 2.75) is 26.6 Å². The predicted molar refractivity (Wildman–Crippen MR) is 97.2 cm³/mol. The van der Waals surface area contributed by atoms with E-state index in [9.17, 15) is 4.79 Å². The van der Waals surface area contributed by atoms with Gasteiger partial charge in [0.15, 0.2) is 6.10 Å². The molecule has 3 aromatic rings. The lowest BCUT2D eigenvalue weighted by molar-refractivity contribution is -0.147. The molecular formula is C20H20N2O4. The van der Waals surface area contributed by atoms with Crippen LogP contribution < -0.4 is 9.47 Å². The Balaban J connectivity index is 1.65. The second-order valence-electron chi connectivity index (χ2n) is 5.79. The van der Waals surface area contributed by atoms with Crippen LogP contribution in [-0.4, -0.2) is 29.2 Å². The Morgan fingerprint density at radius 1 is 1.00 bits per heavy atom. The zero-order valence-electron chi connectivity index (χ0n) is 14.9. The van der Waals surface area contributed by atoms with E-state index in [0.717, 1.165) is 22.4 Å². The molecule has 0 aliphatic carbocycles. The molecule has 2 aromatic carbocycles. The van der Waals surface area contributed by atoms with Gasteiger partial charge in [0.05, 0.1) is 29.5 Å². The van der Waals surface area contributed by atoms with Crippen LogP contribution in [0.1, 0.15) is 18.3 Å². The molecule has 0 fully saturated rings. The van der Waals surface area contributed by atoms with Crippen LogP contribution in [0.2, 0.25) is 0 Å². The molecule has 1 aromatic heterocycles. The number of esters is 1. The zero-order valence-corrected chi connectivity index (χ0v) is 14.9. The van der Waals surface area contributed by atoms with Gasteiger partial charge in [-0.3, -0.25) is 0 Å². The number of nitrogens with zero attached hydrogens (tertiary/aromatic N) is 2. The summed E-state index contributed by atoms with van der Waals surface area (Å²) < 4.78 is 15.9. The Kier molecular flexibility index (Phi) is 5.31. The van der Waals surface area contributed by atoms with Crippen molar-refractivity contribution >= 4 is 17.0 Å². The molecule has 0 aliphatic rings. The molecule has 0 aliphatic heterocycles. The smallest absolute Gasteiger partial charge is 0.346 e. The maximum absolute atomic E-state index is 11.4. The summed E-state index contributed by atoms with van der Waals surface area (Å²) in [5.41, 5.74) is 3.35. The first-order valence-electron chi connectivity index (χ1n) is 8.26. The van der Waals surface area contributed by atoms with E-state index in [1.807, 2.05) is 31.2 Å². The molecule has 0 amide bonds. The number of methoxy groups -OCH3 is 1. The first-order valence-corrected chi connectivity index (χ1v) is 8.26. The van der Waals surface area contributed by atoms with Gasteiger partial charge >= 0.3 is 5.97 Å². The number of carbonyl (C=O) groups is 1. The lowest BCUT2D eigenvalue weighted by Crippen LogP contribution is -2.24. The van der Waals surface area contributed by atoms with Gasteiger partial charge in [-0.05, 0) is 50.2 Å². The number of aryl methyl sites for hydroxylation is 1. The predicted octanol–water partition coefficient (Wildman–Crippen LogP) is 3.46. The van der Waals surface area contributed by atoms with E-state index in [1.54, 1.807) is 31.2 Å². The first-order chi connectivity index (χ1) is 12.6. The molecule has 0 bridgehead atoms. The van der Waals surface area contributed by atoms with Crippen LogP contribution in [0.25, 0.3) is 11.0 Å². The monoisotopic (exact) mass is 352 g/mol. The number of carbonyl (C=O) groups excluding carboxylic acids is 1. The Labute approximate surface area is 151 Å². The summed E-state index contributed by atoms with van der Waals surface area (Å²) in [5.74, 6) is 0.824. The van der Waals surface area contributed by atoms with Crippen molar-refractivity contribution < 1.29 is 19.0 Å². The molecule has 0 saturated heterocycles. The van der Waals surface area contributed by atoms with Crippen LogP contribution >= 0.6 is 0 Å². The second-order valence-corrected chi connectivity index (χ2v) is 5.79. The molecule has 6 nitrogen and oxygen atoms in total. The molecule has 0 N–H and O–H groups in total. The molecule has 3 rings (SSSR count). The number of hydrogen-bond donors (Lipinski definition) is 0. The topological polar surface area (TPSA) is 70.5 Å². The lowest BCUT2D eigenvalue weighted by Gasteiger charge is -2.13. The van der Waals surface area contributed by atoms with Gasteiger partial charge in [-0.2, -0.15) is 0 Å². The van der Waals surface area contributed by atoms with Gasteiger partial charge in [0.2, 0.25) is 0 Å². The van der Waals surface area contributed by atoms with Crippen LogP contribution in [0.5, 0.6) is 11.5 Å². The third-order valence-electron chi connectivity index (χ3n) is 3.89. The molecule has 26 heavy (non-hydrogen) atoms. The summed E-state index contributed by atoms with van der Waals surface area (Å²) in [7, 11) is 1.33. The molecular weight excluding hydrogens is 332 g/mol. The molecule has 1 atom stereocenters. The van der Waals surface area contributed by atoms with Gasteiger partial charge in [-0.15, -0.1) is 0 Å². The van der Waals surface area contributed by atoms with Crippen LogP contribution in [0.4, 0.5) is 0 Å². The van der Waals surface area contributed by atoms with Gasteiger partial charge in [0, 0.05) is 0 Å². The minimum absolute atomic E-state index is 0.322. The average Bonchev–Trinajstić information content (AvgIpc) is 2.66. The van der Waals surface area contributed by atoms with E-state index in [-0.39, 0.29) is 0 Å². The number of ether oxygens (including phenoxy) is 3. The van der Waals surface area contributed by atoms with Crippen molar-refractivity contribution in [3.05, 3.63) is 59.9 Å². The Bertz CT molecular complexity index is 909. The molecule has 0 unspecified atom stereocenters. The van der Waals surface area contributed by atoms with Gasteiger partial charge in [-0.1, -0.05) is 12.1 Å². The molecule has 0 radical (unpaired) electrons. The van der Waals surface area contributed by atoms with E-state index >= 15 is 0 Å². The SMILES string of the molecule is COC(=O)[C@H](C)Oc1ccc(OCc2nc3ccccc3nc2C)cc1. The summed E-state index contributed by atoms with van der Waals surface area (Å²) in [5, 5.41) is 0. The summed E-state index contributed by atoms with van der Waals surface area (Å²) in [4.78, 5) is 20.5. The quantitative estimate of drug-likeness (QED) is 0.633. The summed E-state index contributed by atoms with van der Waals surface area (Å²) >= 11 is 0. The van der Waals surface area contributed by atoms with Gasteiger partial charge < -0.3 is 14.2 Å². The van der Waals surface area contributed by atoms with Gasteiger partial charge in [0.25, 0.3) is 0 Å². The van der Waals surface area contributed by atoms with E-state index in [0.29, 0.717) is 18.1 Å². The van der Waals surface area contributed by atoms with Crippen LogP contribution in [-0.2, 0) is 16.1 Å². The summed E-state index contributed by atoms with van der Waals surface area (Å²) in [6, 6.07) is 14.8. The fourth-order valence-electron chi connectivity index (χ4n) is 2.45. The number of aromatic nitrogens is 2. The normalized spacial score (nSPS) is 11.8. The third kappa shape index (κ3) is 4.08. The van der Waals surface area contributed by atoms with Crippen molar-refractivity contribution in [1.29, 1.82) is 0 Å². The van der Waals surface area contributed by atoms with E-state index in [4.69, 9.17) is 9.47 Å². The number of rotatable bonds is 6. The van der Waals surface area contributed by atoms with Crippen molar-refractivity contribution in [1.82, 2.24) is 9.97 Å². The largest absolute Gasteiger partial charge is 0.487 e. The minimum atomic E-state index is -0.665. The third-order valence-corrected chi connectivity index (χ3v) is 3.89. The molecule has 1 heterocycles. The fraction of sp³-hybridized carbons (Fsp3) is 0.250. The van der Waals surface area contributed by atoms with E-state index in [2.05, 4.69) is 14.7 Å². The first kappa shape index (κ1) is 17.7. The number of hydrogen-bond acceptors (Lipinski definition) is 6. The van der Waals surface area contributed by atoms with Crippen molar-refractivity contribution in [2.24, 2.45) is 0 Å². The molecule has 6 heteroatoms. The van der Waals surface area contributed by atoms with Crippen molar-refractivity contribution in [2.75, 3.05) is 7.11 Å². The molecule has 134 valence electrons. The average molecular weight is 352 g/mol. The Morgan fingerprint density at radius 3 is 2.27 bits per heavy atom. The highest BCUT2D eigenvalue weighted by molar-refractivity contribution is 5.74. The summed E-state index contributed by atoms with van der Waals surface area (Å²) in [6.07, 6.45) is -0.665. The highest BCUT2D eigenvalue weighted by Crippen LogP contribution is 2.20. The van der Waals surface area contributed by atoms with Crippen LogP contribution in [0.15, 0.2) is 48.5 Å². The highest BCUT2D eigenvalue weighted by Gasteiger charge is 2.14. The fourth-order valence-corrected chi connectivity index (χ4v) is 2.45. The maximum Gasteiger partial charge on any atom is 0.346 e. The van der Waals surface area contributed by atoms with E-state index in [1.165, 1.54) is 7.11 Å². The van der Waals surface area contributed by atoms with Crippen molar-refractivity contribution in [3.63, 3.8) is 0 Å². The second kappa shape index (κ2) is 7.82. The van der Waals surface area contributed by atoms with Crippen LogP contribution in [0, 0.1) is 6.92 Å². The highest BCUT2D eigenvalue weighted by atomic mass is 16.6. The summed E-state index contributed by atoms with van der Waals surface area (Å²) in [6.45, 7) is 3.88. The van der Waals surface area contributed by atoms with Gasteiger partial charge in [-0.25, -0.2) is 14.8 Å². The Morgan fingerprint density at radius 2 is 1.62 bits per heavy atom. The standard InChI is InChI=1S/C20H20N2O4/c1-13-19(22-18-7-5-4-6-17(18)21-13)12-25-15-8-10-16(11-9-15)26-14(2)20(23)24-3/h4-11,14H,12H2,1-3H3/t14-/m0/s1. The molecule has 0 saturated carbocycles. The molecule has 0 spiro atoms. The maximum atomic E-state index is 11.4. The Hall–Kier alpha value is -3.15. The number of para-hydroxylation sites is 2. The number of benzene rings is 2. The van der Waals surface area contributed by atoms with Crippen LogP contribution in [0.3, 0.4) is 0 Å². The minimum Gasteiger partial charge on any atom is -0.487 e. The zero-order chi connectivity index (χ0) is 18.5. The number of fused-ring (bicyclic) bond motifs is 1.